The molecule has 30 heavy (non-hydrogen) atoms. The topological polar surface area (TPSA) is 95.8 Å². The lowest BCUT2D eigenvalue weighted by molar-refractivity contribution is -0.117. The number of hydrogen-bond donors (Lipinski definition) is 3. The number of nitrogens with one attached hydrogen (secondary N) is 2. The van der Waals surface area contributed by atoms with E-state index in [1.807, 2.05) is 0 Å². The van der Waals surface area contributed by atoms with Crippen LogP contribution < -0.4 is 15.4 Å². The summed E-state index contributed by atoms with van der Waals surface area (Å²) in [5.74, 6) is 0.424. The number of pyridine rings is 1. The maximum atomic E-state index is 14.6. The highest BCUT2D eigenvalue weighted by Crippen LogP contribution is 2.30. The average Bonchev–Trinajstić information content (AvgIpc) is 3.60. The van der Waals surface area contributed by atoms with E-state index >= 15 is 0 Å². The Bertz CT molecular complexity index is 1000. The zero-order valence-electron chi connectivity index (χ0n) is 16.5. The highest BCUT2D eigenvalue weighted by Gasteiger charge is 2.30. The Kier molecular flexibility index (Phi) is 5.87. The molecule has 1 saturated carbocycles. The van der Waals surface area contributed by atoms with Gasteiger partial charge in [-0.2, -0.15) is 0 Å². The molecular weight excluding hydrogens is 387 g/mol. The van der Waals surface area contributed by atoms with E-state index in [1.165, 1.54) is 19.4 Å². The fraction of sp³-hybridized carbons (Fsp3) is 0.318. The minimum absolute atomic E-state index is 0.0519. The number of halogens is 1. The van der Waals surface area contributed by atoms with Crippen molar-refractivity contribution in [1.29, 1.82) is 0 Å². The van der Waals surface area contributed by atoms with Crippen LogP contribution in [0.1, 0.15) is 30.2 Å². The van der Waals surface area contributed by atoms with Crippen LogP contribution in [0, 0.1) is 11.7 Å². The molecule has 1 aromatic carbocycles. The highest BCUT2D eigenvalue weighted by molar-refractivity contribution is 5.93. The van der Waals surface area contributed by atoms with E-state index in [0.717, 1.165) is 12.8 Å². The van der Waals surface area contributed by atoms with Gasteiger partial charge in [0.15, 0.2) is 0 Å². The van der Waals surface area contributed by atoms with Crippen molar-refractivity contribution >= 4 is 23.5 Å². The van der Waals surface area contributed by atoms with Crippen molar-refractivity contribution in [1.82, 2.24) is 10.3 Å². The van der Waals surface area contributed by atoms with Crippen molar-refractivity contribution in [2.75, 3.05) is 19.0 Å². The molecule has 1 amide bonds. The number of benzene rings is 1. The van der Waals surface area contributed by atoms with Gasteiger partial charge in [-0.1, -0.05) is 0 Å². The maximum absolute atomic E-state index is 14.6. The van der Waals surface area contributed by atoms with Crippen LogP contribution in [-0.4, -0.2) is 41.9 Å². The smallest absolute Gasteiger partial charge is 0.228 e. The molecule has 1 aromatic heterocycles. The summed E-state index contributed by atoms with van der Waals surface area (Å²) in [6, 6.07) is 7.56. The normalized spacial score (nSPS) is 19.2. The van der Waals surface area contributed by atoms with Gasteiger partial charge >= 0.3 is 0 Å². The standard InChI is InChI=1S/C22H23FN4O3/c1-30-15-4-5-16(18(23)11-15)17-7-8-24-12-19(17)26-22(29)14-6-9-25-20(10-14)27-21(28)13-2-3-13/h4-11,13,19,22,26,29H,2-3,12H2,1H3,(H,25,27,28). The van der Waals surface area contributed by atoms with E-state index in [2.05, 4.69) is 20.6 Å². The lowest BCUT2D eigenvalue weighted by Crippen LogP contribution is -2.37. The van der Waals surface area contributed by atoms with Crippen molar-refractivity contribution in [3.8, 4) is 5.75 Å². The first kappa shape index (κ1) is 20.2. The van der Waals surface area contributed by atoms with Crippen LogP contribution in [0.15, 0.2) is 47.6 Å². The van der Waals surface area contributed by atoms with E-state index in [0.29, 0.717) is 34.8 Å². The average molecular weight is 410 g/mol. The van der Waals surface area contributed by atoms with Gasteiger partial charge in [-0.15, -0.1) is 0 Å². The zero-order chi connectivity index (χ0) is 21.1. The molecule has 2 atom stereocenters. The molecule has 2 aliphatic rings. The molecule has 1 aliphatic heterocycles. The molecule has 1 fully saturated rings. The van der Waals surface area contributed by atoms with E-state index in [4.69, 9.17) is 4.74 Å². The third-order valence-corrected chi connectivity index (χ3v) is 5.17. The summed E-state index contributed by atoms with van der Waals surface area (Å²) in [5, 5.41) is 16.6. The van der Waals surface area contributed by atoms with Crippen molar-refractivity contribution in [3.05, 3.63) is 59.5 Å². The van der Waals surface area contributed by atoms with E-state index < -0.39 is 18.1 Å². The van der Waals surface area contributed by atoms with Crippen molar-refractivity contribution in [3.63, 3.8) is 0 Å². The zero-order valence-corrected chi connectivity index (χ0v) is 16.5. The Balaban J connectivity index is 1.49. The van der Waals surface area contributed by atoms with Crippen LogP contribution in [0.25, 0.3) is 5.57 Å². The third kappa shape index (κ3) is 4.55. The fourth-order valence-electron chi connectivity index (χ4n) is 3.34. The number of dihydropyridines is 1. The molecule has 7 nitrogen and oxygen atoms in total. The second-order valence-electron chi connectivity index (χ2n) is 7.34. The molecule has 1 aliphatic carbocycles. The van der Waals surface area contributed by atoms with Crippen LogP contribution in [0.3, 0.4) is 0 Å². The number of nitrogens with zero attached hydrogens (tertiary/aromatic N) is 2. The van der Waals surface area contributed by atoms with E-state index in [1.54, 1.807) is 36.6 Å². The van der Waals surface area contributed by atoms with Gasteiger partial charge in [0, 0.05) is 35.5 Å². The molecule has 2 aromatic rings. The molecule has 3 N–H and O–H groups in total. The number of aromatic nitrogens is 1. The molecule has 0 saturated heterocycles. The first-order valence-electron chi connectivity index (χ1n) is 9.80. The van der Waals surface area contributed by atoms with Crippen LogP contribution in [0.2, 0.25) is 0 Å². The lowest BCUT2D eigenvalue weighted by Gasteiger charge is -2.26. The SMILES string of the molecule is COc1ccc(C2=CC=NCC2NC(O)c2ccnc(NC(=O)C3CC3)c2)c(F)c1. The summed E-state index contributed by atoms with van der Waals surface area (Å²) < 4.78 is 19.7. The summed E-state index contributed by atoms with van der Waals surface area (Å²) in [6.45, 7) is 0.352. The predicted octanol–water partition coefficient (Wildman–Crippen LogP) is 2.69. The minimum Gasteiger partial charge on any atom is -0.497 e. The molecule has 0 spiro atoms. The summed E-state index contributed by atoms with van der Waals surface area (Å²) in [5.41, 5.74) is 1.64. The number of ether oxygens (including phenoxy) is 1. The van der Waals surface area contributed by atoms with Gasteiger partial charge in [-0.25, -0.2) is 9.37 Å². The number of amides is 1. The summed E-state index contributed by atoms with van der Waals surface area (Å²) >= 11 is 0. The maximum Gasteiger partial charge on any atom is 0.228 e. The highest BCUT2D eigenvalue weighted by atomic mass is 19.1. The lowest BCUT2D eigenvalue weighted by atomic mass is 9.95. The molecule has 2 unspecified atom stereocenters. The summed E-state index contributed by atoms with van der Waals surface area (Å²) in [4.78, 5) is 20.3. The number of carbonyl (C=O) groups is 1. The Morgan fingerprint density at radius 2 is 2.13 bits per heavy atom. The number of hydrogen-bond acceptors (Lipinski definition) is 6. The van der Waals surface area contributed by atoms with Crippen LogP contribution >= 0.6 is 0 Å². The number of aliphatic hydroxyl groups excluding tert-OH is 1. The van der Waals surface area contributed by atoms with Crippen LogP contribution in [0.4, 0.5) is 10.2 Å². The molecule has 156 valence electrons. The molecule has 8 heteroatoms. The van der Waals surface area contributed by atoms with Gasteiger partial charge in [0.2, 0.25) is 5.91 Å². The Morgan fingerprint density at radius 3 is 2.87 bits per heavy atom. The van der Waals surface area contributed by atoms with Gasteiger partial charge < -0.3 is 15.2 Å². The molecule has 0 radical (unpaired) electrons. The predicted molar refractivity (Wildman–Crippen MR) is 112 cm³/mol. The van der Waals surface area contributed by atoms with Crippen LogP contribution in [-0.2, 0) is 4.79 Å². The number of rotatable bonds is 7. The number of anilines is 1. The van der Waals surface area contributed by atoms with Gasteiger partial charge in [0.25, 0.3) is 0 Å². The third-order valence-electron chi connectivity index (χ3n) is 5.17. The minimum atomic E-state index is -1.05. The Hall–Kier alpha value is -3.10. The van der Waals surface area contributed by atoms with E-state index in [9.17, 15) is 14.3 Å². The summed E-state index contributed by atoms with van der Waals surface area (Å²) in [7, 11) is 1.48. The van der Waals surface area contributed by atoms with Crippen molar-refractivity contribution < 1.29 is 19.0 Å². The van der Waals surface area contributed by atoms with Gasteiger partial charge in [0.05, 0.1) is 19.7 Å². The fourth-order valence-corrected chi connectivity index (χ4v) is 3.34. The number of methoxy groups -OCH3 is 1. The molecular formula is C22H23FN4O3. The number of aliphatic hydroxyl groups is 1. The summed E-state index contributed by atoms with van der Waals surface area (Å²) in [6.07, 6.45) is 5.63. The van der Waals surface area contributed by atoms with Gasteiger partial charge in [0.1, 0.15) is 23.6 Å². The largest absolute Gasteiger partial charge is 0.497 e. The van der Waals surface area contributed by atoms with Crippen molar-refractivity contribution in [2.45, 2.75) is 25.1 Å². The molecule has 2 heterocycles. The quantitative estimate of drug-likeness (QED) is 0.610. The number of allylic oxidation sites excluding steroid dienone is 1. The van der Waals surface area contributed by atoms with Crippen molar-refractivity contribution in [2.24, 2.45) is 10.9 Å². The number of aliphatic imine (C=N–C) groups is 1. The first-order valence-corrected chi connectivity index (χ1v) is 9.80. The number of carbonyl (C=O) groups excluding carboxylic acids is 1. The second kappa shape index (κ2) is 8.73. The first-order chi connectivity index (χ1) is 14.5. The van der Waals surface area contributed by atoms with Gasteiger partial charge in [-0.3, -0.25) is 15.1 Å². The van der Waals surface area contributed by atoms with E-state index in [-0.39, 0.29) is 11.8 Å². The molecule has 0 bridgehead atoms. The Labute approximate surface area is 173 Å². The molecule has 4 rings (SSSR count). The van der Waals surface area contributed by atoms with Crippen LogP contribution in [0.5, 0.6) is 5.75 Å². The monoisotopic (exact) mass is 410 g/mol. The van der Waals surface area contributed by atoms with Gasteiger partial charge in [-0.05, 0) is 48.8 Å². The Morgan fingerprint density at radius 1 is 1.30 bits per heavy atom. The second-order valence-corrected chi connectivity index (χ2v) is 7.34.